The molecular weight excluding hydrogens is 304 g/mol. The molecule has 2 atom stereocenters. The van der Waals surface area contributed by atoms with Crippen molar-refractivity contribution >= 4 is 5.91 Å². The first-order valence-electron chi connectivity index (χ1n) is 8.15. The second kappa shape index (κ2) is 7.35. The van der Waals surface area contributed by atoms with E-state index in [1.54, 1.807) is 36.9 Å². The molecule has 1 aromatic carbocycles. The molecule has 1 heterocycles. The fraction of sp³-hybridized carbons (Fsp3) is 0.526. The Kier molecular flexibility index (Phi) is 5.66. The van der Waals surface area contributed by atoms with Crippen molar-refractivity contribution in [3.05, 3.63) is 35.4 Å². The van der Waals surface area contributed by atoms with E-state index in [4.69, 9.17) is 0 Å². The van der Waals surface area contributed by atoms with Gasteiger partial charge in [0.05, 0.1) is 12.6 Å². The minimum Gasteiger partial charge on any atom is -0.394 e. The van der Waals surface area contributed by atoms with Crippen LogP contribution in [0, 0.1) is 11.8 Å². The van der Waals surface area contributed by atoms with Crippen molar-refractivity contribution in [2.45, 2.75) is 38.0 Å². The highest BCUT2D eigenvalue weighted by Crippen LogP contribution is 2.23. The van der Waals surface area contributed by atoms with Gasteiger partial charge in [-0.05, 0) is 52.6 Å². The zero-order valence-corrected chi connectivity index (χ0v) is 14.8. The van der Waals surface area contributed by atoms with Crippen LogP contribution in [0.5, 0.6) is 0 Å². The predicted molar refractivity (Wildman–Crippen MR) is 93.6 cm³/mol. The summed E-state index contributed by atoms with van der Waals surface area (Å²) in [6, 6.07) is 7.19. The van der Waals surface area contributed by atoms with Crippen LogP contribution in [0.25, 0.3) is 0 Å². The molecule has 1 amide bonds. The second-order valence-corrected chi connectivity index (χ2v) is 7.04. The SMILES string of the molecule is CN(C)[C@@H]1C[C@@H](CO)N(C(=O)c2cccc(C#CC(C)(C)O)c2)C1. The molecule has 0 radical (unpaired) electrons. The van der Waals surface area contributed by atoms with Crippen LogP contribution in [0.3, 0.4) is 0 Å². The zero-order chi connectivity index (χ0) is 17.9. The first-order chi connectivity index (χ1) is 11.2. The first-order valence-corrected chi connectivity index (χ1v) is 8.15. The van der Waals surface area contributed by atoms with Gasteiger partial charge in [0.2, 0.25) is 0 Å². The van der Waals surface area contributed by atoms with Crippen LogP contribution in [-0.2, 0) is 0 Å². The molecule has 1 aromatic rings. The summed E-state index contributed by atoms with van der Waals surface area (Å²) in [6.45, 7) is 3.81. The number of carbonyl (C=O) groups is 1. The Morgan fingerprint density at radius 1 is 1.42 bits per heavy atom. The van der Waals surface area contributed by atoms with Crippen LogP contribution in [0.15, 0.2) is 24.3 Å². The molecule has 1 saturated heterocycles. The third-order valence-corrected chi connectivity index (χ3v) is 4.22. The molecular formula is C19H26N2O3. The summed E-state index contributed by atoms with van der Waals surface area (Å²) in [5, 5.41) is 19.3. The van der Waals surface area contributed by atoms with E-state index in [0.29, 0.717) is 17.7 Å². The van der Waals surface area contributed by atoms with E-state index in [1.807, 2.05) is 20.2 Å². The number of hydrogen-bond donors (Lipinski definition) is 2. The van der Waals surface area contributed by atoms with Crippen LogP contribution in [0.1, 0.15) is 36.2 Å². The smallest absolute Gasteiger partial charge is 0.254 e. The minimum absolute atomic E-state index is 0.0335. The van der Waals surface area contributed by atoms with E-state index in [9.17, 15) is 15.0 Å². The fourth-order valence-corrected chi connectivity index (χ4v) is 2.81. The van der Waals surface area contributed by atoms with Crippen LogP contribution in [0.4, 0.5) is 0 Å². The molecule has 0 aliphatic carbocycles. The lowest BCUT2D eigenvalue weighted by molar-refractivity contribution is 0.0673. The van der Waals surface area contributed by atoms with E-state index in [0.717, 1.165) is 6.42 Å². The molecule has 2 N–H and O–H groups in total. The lowest BCUT2D eigenvalue weighted by Crippen LogP contribution is -2.38. The summed E-state index contributed by atoms with van der Waals surface area (Å²) in [5.41, 5.74) is 0.165. The average molecular weight is 330 g/mol. The number of rotatable bonds is 3. The van der Waals surface area contributed by atoms with Crippen molar-refractivity contribution < 1.29 is 15.0 Å². The van der Waals surface area contributed by atoms with E-state index >= 15 is 0 Å². The summed E-state index contributed by atoms with van der Waals surface area (Å²) in [7, 11) is 3.97. The molecule has 5 heteroatoms. The number of aliphatic hydroxyl groups is 2. The molecule has 2 rings (SSSR count). The van der Waals surface area contributed by atoms with Crippen molar-refractivity contribution in [3.8, 4) is 11.8 Å². The number of likely N-dealkylation sites (tertiary alicyclic amines) is 1. The predicted octanol–water partition coefficient (Wildman–Crippen LogP) is 0.946. The van der Waals surface area contributed by atoms with Gasteiger partial charge in [0.15, 0.2) is 0 Å². The van der Waals surface area contributed by atoms with Gasteiger partial charge in [-0.1, -0.05) is 17.9 Å². The van der Waals surface area contributed by atoms with Crippen LogP contribution in [-0.4, -0.2) is 70.9 Å². The summed E-state index contributed by atoms with van der Waals surface area (Å²) < 4.78 is 0. The largest absolute Gasteiger partial charge is 0.394 e. The topological polar surface area (TPSA) is 64.0 Å². The van der Waals surface area contributed by atoms with Crippen molar-refractivity contribution in [3.63, 3.8) is 0 Å². The number of nitrogens with zero attached hydrogens (tertiary/aromatic N) is 2. The van der Waals surface area contributed by atoms with E-state index < -0.39 is 5.60 Å². The van der Waals surface area contributed by atoms with Crippen molar-refractivity contribution in [2.75, 3.05) is 27.2 Å². The molecule has 0 unspecified atom stereocenters. The van der Waals surface area contributed by atoms with E-state index in [2.05, 4.69) is 16.7 Å². The molecule has 0 aromatic heterocycles. The minimum atomic E-state index is -1.07. The fourth-order valence-electron chi connectivity index (χ4n) is 2.81. The van der Waals surface area contributed by atoms with Gasteiger partial charge >= 0.3 is 0 Å². The van der Waals surface area contributed by atoms with Crippen LogP contribution in [0.2, 0.25) is 0 Å². The molecule has 24 heavy (non-hydrogen) atoms. The molecule has 1 aliphatic rings. The maximum atomic E-state index is 12.8. The van der Waals surface area contributed by atoms with Gasteiger partial charge in [-0.15, -0.1) is 0 Å². The Labute approximate surface area is 143 Å². The number of benzene rings is 1. The van der Waals surface area contributed by atoms with Gasteiger partial charge in [0.25, 0.3) is 5.91 Å². The summed E-state index contributed by atoms with van der Waals surface area (Å²) >= 11 is 0. The lowest BCUT2D eigenvalue weighted by atomic mass is 10.1. The van der Waals surface area contributed by atoms with Crippen molar-refractivity contribution in [1.82, 2.24) is 9.80 Å². The quantitative estimate of drug-likeness (QED) is 0.810. The first kappa shape index (κ1) is 18.5. The molecule has 1 fully saturated rings. The third kappa shape index (κ3) is 4.57. The summed E-state index contributed by atoms with van der Waals surface area (Å²) in [6.07, 6.45) is 0.771. The van der Waals surface area contributed by atoms with Crippen LogP contribution >= 0.6 is 0 Å². The Bertz CT molecular complexity index is 653. The Morgan fingerprint density at radius 2 is 2.12 bits per heavy atom. The Hall–Kier alpha value is -1.87. The number of carbonyl (C=O) groups excluding carboxylic acids is 1. The van der Waals surface area contributed by atoms with Crippen molar-refractivity contribution in [1.29, 1.82) is 0 Å². The summed E-state index contributed by atoms with van der Waals surface area (Å²) in [5.74, 6) is 5.55. The van der Waals surface area contributed by atoms with Crippen LogP contribution < -0.4 is 0 Å². The molecule has 0 saturated carbocycles. The average Bonchev–Trinajstić information content (AvgIpc) is 2.96. The van der Waals surface area contributed by atoms with E-state index in [1.165, 1.54) is 0 Å². The zero-order valence-electron chi connectivity index (χ0n) is 14.8. The Balaban J connectivity index is 2.21. The van der Waals surface area contributed by atoms with Crippen molar-refractivity contribution in [2.24, 2.45) is 0 Å². The molecule has 5 nitrogen and oxygen atoms in total. The number of likely N-dealkylation sites (N-methyl/N-ethyl adjacent to an activating group) is 1. The Morgan fingerprint density at radius 3 is 2.71 bits per heavy atom. The van der Waals surface area contributed by atoms with Gasteiger partial charge < -0.3 is 20.0 Å². The monoisotopic (exact) mass is 330 g/mol. The number of amides is 1. The highest BCUT2D eigenvalue weighted by Gasteiger charge is 2.36. The maximum Gasteiger partial charge on any atom is 0.254 e. The highest BCUT2D eigenvalue weighted by atomic mass is 16.3. The van der Waals surface area contributed by atoms with Gasteiger partial charge in [0.1, 0.15) is 5.60 Å². The maximum absolute atomic E-state index is 12.8. The summed E-state index contributed by atoms with van der Waals surface area (Å²) in [4.78, 5) is 16.7. The number of hydrogen-bond acceptors (Lipinski definition) is 4. The molecule has 0 bridgehead atoms. The molecule has 0 spiro atoms. The highest BCUT2D eigenvalue weighted by molar-refractivity contribution is 5.95. The normalized spacial score (nSPS) is 20.9. The third-order valence-electron chi connectivity index (χ3n) is 4.22. The van der Waals surface area contributed by atoms with Gasteiger partial charge in [0, 0.05) is 23.7 Å². The standard InChI is InChI=1S/C19H26N2O3/c1-19(2,24)9-8-14-6-5-7-15(10-14)18(23)21-12-16(20(3)4)11-17(21)13-22/h5-7,10,16-17,22,24H,11-13H2,1-4H3/t16-,17+/m1/s1. The van der Waals surface area contributed by atoms with Gasteiger partial charge in [-0.2, -0.15) is 0 Å². The lowest BCUT2D eigenvalue weighted by Gasteiger charge is -2.23. The van der Waals surface area contributed by atoms with E-state index in [-0.39, 0.29) is 24.6 Å². The van der Waals surface area contributed by atoms with Gasteiger partial charge in [-0.3, -0.25) is 4.79 Å². The number of aliphatic hydroxyl groups excluding tert-OH is 1. The molecule has 1 aliphatic heterocycles. The molecule has 130 valence electrons. The van der Waals surface area contributed by atoms with Gasteiger partial charge in [-0.25, -0.2) is 0 Å². The second-order valence-electron chi connectivity index (χ2n) is 7.04.